The molecule has 0 saturated heterocycles. The van der Waals surface area contributed by atoms with Crippen LogP contribution in [-0.2, 0) is 17.1 Å². The maximum atomic E-state index is 12.1. The second-order valence-corrected chi connectivity index (χ2v) is 6.94. The Kier molecular flexibility index (Phi) is 5.05. The summed E-state index contributed by atoms with van der Waals surface area (Å²) in [6.45, 7) is 2.99. The fourth-order valence-electron chi connectivity index (χ4n) is 2.11. The molecule has 1 heterocycles. The molecule has 1 amide bonds. The number of anilines is 1. The highest BCUT2D eigenvalue weighted by Crippen LogP contribution is 2.15. The van der Waals surface area contributed by atoms with Crippen molar-refractivity contribution in [1.29, 1.82) is 0 Å². The van der Waals surface area contributed by atoms with Gasteiger partial charge >= 0.3 is 0 Å². The minimum atomic E-state index is -3.92. The molecule has 2 aromatic rings. The number of aromatic nitrogens is 2. The fourth-order valence-corrected chi connectivity index (χ4v) is 3.07. The Morgan fingerprint density at radius 1 is 1.30 bits per heavy atom. The summed E-state index contributed by atoms with van der Waals surface area (Å²) in [6, 6.07) is 6.80. The summed E-state index contributed by atoms with van der Waals surface area (Å²) < 4.78 is 27.6. The zero-order valence-electron chi connectivity index (χ0n) is 13.4. The van der Waals surface area contributed by atoms with E-state index in [9.17, 15) is 13.2 Å². The van der Waals surface area contributed by atoms with Crippen molar-refractivity contribution in [3.63, 3.8) is 0 Å². The first-order chi connectivity index (χ1) is 10.8. The minimum Gasteiger partial charge on any atom is -0.375 e. The van der Waals surface area contributed by atoms with Crippen LogP contribution in [0.25, 0.3) is 0 Å². The van der Waals surface area contributed by atoms with Crippen LogP contribution >= 0.6 is 0 Å². The molecule has 0 bridgehead atoms. The molecule has 0 aliphatic heterocycles. The van der Waals surface area contributed by atoms with Crippen molar-refractivity contribution in [2.24, 2.45) is 7.05 Å². The number of amides is 1. The molecule has 0 saturated carbocycles. The van der Waals surface area contributed by atoms with Crippen molar-refractivity contribution in [2.45, 2.75) is 18.2 Å². The first kappa shape index (κ1) is 17.0. The standard InChI is InChI=1S/C15H20N4O3S/c1-4-9-18(2)13-7-5-12(6-8-13)15(20)17-23(21,22)14-10-16-19(3)11-14/h5-8,10-11H,4,9H2,1-3H3,(H,17,20). The smallest absolute Gasteiger partial charge is 0.267 e. The predicted molar refractivity (Wildman–Crippen MR) is 87.9 cm³/mol. The molecule has 0 aliphatic carbocycles. The zero-order valence-corrected chi connectivity index (χ0v) is 14.2. The topological polar surface area (TPSA) is 84.3 Å². The van der Waals surface area contributed by atoms with Crippen molar-refractivity contribution < 1.29 is 13.2 Å². The molecule has 0 aliphatic rings. The summed E-state index contributed by atoms with van der Waals surface area (Å²) in [5.74, 6) is -0.668. The van der Waals surface area contributed by atoms with Gasteiger partial charge in [0.15, 0.2) is 0 Å². The van der Waals surface area contributed by atoms with Crippen LogP contribution in [0, 0.1) is 0 Å². The number of benzene rings is 1. The van der Waals surface area contributed by atoms with Crippen LogP contribution in [0.5, 0.6) is 0 Å². The van der Waals surface area contributed by atoms with Crippen LogP contribution in [0.2, 0.25) is 0 Å². The Morgan fingerprint density at radius 2 is 1.96 bits per heavy atom. The first-order valence-corrected chi connectivity index (χ1v) is 8.69. The third-order valence-electron chi connectivity index (χ3n) is 3.35. The van der Waals surface area contributed by atoms with E-state index in [1.807, 2.05) is 11.8 Å². The van der Waals surface area contributed by atoms with Gasteiger partial charge in [-0.25, -0.2) is 13.1 Å². The van der Waals surface area contributed by atoms with E-state index in [-0.39, 0.29) is 10.5 Å². The second kappa shape index (κ2) is 6.82. The number of nitrogens with one attached hydrogen (secondary N) is 1. The Bertz CT molecular complexity index is 781. The summed E-state index contributed by atoms with van der Waals surface area (Å²) >= 11 is 0. The third kappa shape index (κ3) is 4.10. The highest BCUT2D eigenvalue weighted by Gasteiger charge is 2.20. The van der Waals surface area contributed by atoms with E-state index in [2.05, 4.69) is 16.9 Å². The molecule has 1 aromatic heterocycles. The summed E-state index contributed by atoms with van der Waals surface area (Å²) in [5.41, 5.74) is 1.25. The van der Waals surface area contributed by atoms with Gasteiger partial charge in [-0.15, -0.1) is 0 Å². The van der Waals surface area contributed by atoms with Crippen LogP contribution in [0.1, 0.15) is 23.7 Å². The monoisotopic (exact) mass is 336 g/mol. The van der Waals surface area contributed by atoms with Crippen LogP contribution in [0.15, 0.2) is 41.6 Å². The van der Waals surface area contributed by atoms with E-state index < -0.39 is 15.9 Å². The van der Waals surface area contributed by atoms with Gasteiger partial charge < -0.3 is 4.90 Å². The van der Waals surface area contributed by atoms with E-state index in [4.69, 9.17) is 0 Å². The summed E-state index contributed by atoms with van der Waals surface area (Å²) in [5, 5.41) is 3.79. The molecule has 0 atom stereocenters. The summed E-state index contributed by atoms with van der Waals surface area (Å²) in [4.78, 5) is 14.1. The van der Waals surface area contributed by atoms with Gasteiger partial charge in [0.05, 0.1) is 6.20 Å². The van der Waals surface area contributed by atoms with Crippen molar-refractivity contribution in [3.05, 3.63) is 42.2 Å². The van der Waals surface area contributed by atoms with Gasteiger partial charge in [-0.2, -0.15) is 5.10 Å². The van der Waals surface area contributed by atoms with Crippen LogP contribution in [0.4, 0.5) is 5.69 Å². The molecular weight excluding hydrogens is 316 g/mol. The lowest BCUT2D eigenvalue weighted by atomic mass is 10.2. The maximum absolute atomic E-state index is 12.1. The summed E-state index contributed by atoms with van der Waals surface area (Å²) in [6.07, 6.45) is 3.54. The van der Waals surface area contributed by atoms with Crippen LogP contribution < -0.4 is 9.62 Å². The van der Waals surface area contributed by atoms with E-state index >= 15 is 0 Å². The number of rotatable bonds is 6. The van der Waals surface area contributed by atoms with Gasteiger partial charge in [0.2, 0.25) is 0 Å². The SMILES string of the molecule is CCCN(C)c1ccc(C(=O)NS(=O)(=O)c2cnn(C)c2)cc1. The zero-order chi connectivity index (χ0) is 17.0. The average molecular weight is 336 g/mol. The van der Waals surface area contributed by atoms with E-state index in [0.29, 0.717) is 0 Å². The molecule has 7 nitrogen and oxygen atoms in total. The molecule has 0 spiro atoms. The van der Waals surface area contributed by atoms with Gasteiger partial charge in [0.25, 0.3) is 15.9 Å². The number of aryl methyl sites for hydroxylation is 1. The lowest BCUT2D eigenvalue weighted by Gasteiger charge is -2.18. The van der Waals surface area contributed by atoms with Gasteiger partial charge in [0.1, 0.15) is 4.90 Å². The van der Waals surface area contributed by atoms with E-state index in [0.717, 1.165) is 18.7 Å². The molecule has 1 N–H and O–H groups in total. The Balaban J connectivity index is 2.12. The molecule has 0 fully saturated rings. The number of sulfonamides is 1. The molecule has 124 valence electrons. The van der Waals surface area contributed by atoms with Crippen LogP contribution in [0.3, 0.4) is 0 Å². The van der Waals surface area contributed by atoms with Crippen LogP contribution in [-0.4, -0.2) is 37.7 Å². The largest absolute Gasteiger partial charge is 0.375 e. The van der Waals surface area contributed by atoms with Crippen molar-refractivity contribution in [1.82, 2.24) is 14.5 Å². The fraction of sp³-hybridized carbons (Fsp3) is 0.333. The molecule has 0 unspecified atom stereocenters. The van der Waals surface area contributed by atoms with Gasteiger partial charge in [-0.1, -0.05) is 6.92 Å². The number of hydrogen-bond donors (Lipinski definition) is 1. The van der Waals surface area contributed by atoms with E-state index in [1.165, 1.54) is 17.1 Å². The predicted octanol–water partition coefficient (Wildman–Crippen LogP) is 1.38. The van der Waals surface area contributed by atoms with Crippen molar-refractivity contribution in [2.75, 3.05) is 18.5 Å². The average Bonchev–Trinajstić information content (AvgIpc) is 2.95. The van der Waals surface area contributed by atoms with Gasteiger partial charge in [0, 0.05) is 38.1 Å². The Labute approximate surface area is 136 Å². The third-order valence-corrected chi connectivity index (χ3v) is 4.63. The van der Waals surface area contributed by atoms with Crippen molar-refractivity contribution >= 4 is 21.6 Å². The summed E-state index contributed by atoms with van der Waals surface area (Å²) in [7, 11) is -0.348. The van der Waals surface area contributed by atoms with E-state index in [1.54, 1.807) is 31.3 Å². The number of carbonyl (C=O) groups is 1. The highest BCUT2D eigenvalue weighted by molar-refractivity contribution is 7.90. The second-order valence-electron chi connectivity index (χ2n) is 5.25. The molecule has 23 heavy (non-hydrogen) atoms. The lowest BCUT2D eigenvalue weighted by molar-refractivity contribution is 0.0981. The lowest BCUT2D eigenvalue weighted by Crippen LogP contribution is -2.30. The Hall–Kier alpha value is -2.35. The molecule has 2 rings (SSSR count). The van der Waals surface area contributed by atoms with Gasteiger partial charge in [-0.3, -0.25) is 9.48 Å². The maximum Gasteiger partial charge on any atom is 0.267 e. The molecule has 0 radical (unpaired) electrons. The number of nitrogens with zero attached hydrogens (tertiary/aromatic N) is 3. The number of carbonyl (C=O) groups excluding carboxylic acids is 1. The molecule has 8 heteroatoms. The normalized spacial score (nSPS) is 11.3. The quantitative estimate of drug-likeness (QED) is 0.861. The Morgan fingerprint density at radius 3 is 2.48 bits per heavy atom. The minimum absolute atomic E-state index is 0.0485. The number of hydrogen-bond acceptors (Lipinski definition) is 5. The molecule has 1 aromatic carbocycles. The highest BCUT2D eigenvalue weighted by atomic mass is 32.2. The van der Waals surface area contributed by atoms with Crippen molar-refractivity contribution in [3.8, 4) is 0 Å². The van der Waals surface area contributed by atoms with Gasteiger partial charge in [-0.05, 0) is 30.7 Å². The first-order valence-electron chi connectivity index (χ1n) is 7.20. The molecular formula is C15H20N4O3S.